The fourth-order valence-electron chi connectivity index (χ4n) is 2.55. The number of hydrogen-bond acceptors (Lipinski definition) is 0. The van der Waals surface area contributed by atoms with Crippen molar-refractivity contribution in [1.82, 2.24) is 0 Å². The van der Waals surface area contributed by atoms with Crippen LogP contribution in [0.1, 0.15) is 51.2 Å². The van der Waals surface area contributed by atoms with Gasteiger partial charge in [-0.05, 0) is 17.9 Å². The van der Waals surface area contributed by atoms with Crippen molar-refractivity contribution in [2.45, 2.75) is 52.0 Å². The maximum Gasteiger partial charge on any atom is 0 e. The SMILES string of the molecule is CCc1ccc2c(c1)C(C)CC(C)(C)[N-]2.[Y].[Y].[Y]. The number of benzene rings is 1. The Bertz CT molecular complexity index is 377. The van der Waals surface area contributed by atoms with E-state index in [9.17, 15) is 0 Å². The van der Waals surface area contributed by atoms with E-state index in [2.05, 4.69) is 45.9 Å². The summed E-state index contributed by atoms with van der Waals surface area (Å²) in [5, 5.41) is 4.80. The van der Waals surface area contributed by atoms with E-state index in [1.807, 2.05) is 0 Å². The molecule has 0 N–H and O–H groups in total. The molecule has 91 valence electrons. The summed E-state index contributed by atoms with van der Waals surface area (Å²) in [6, 6.07) is 6.72. The molecule has 1 aromatic rings. The van der Waals surface area contributed by atoms with Crippen molar-refractivity contribution in [3.63, 3.8) is 0 Å². The molecule has 0 saturated heterocycles. The Hall–Kier alpha value is 2.33. The predicted octanol–water partition coefficient (Wildman–Crippen LogP) is 4.53. The van der Waals surface area contributed by atoms with E-state index in [4.69, 9.17) is 5.32 Å². The number of nitrogens with zero attached hydrogens (tertiary/aromatic N) is 1. The van der Waals surface area contributed by atoms with Crippen molar-refractivity contribution >= 4 is 5.69 Å². The van der Waals surface area contributed by atoms with Gasteiger partial charge < -0.3 is 5.32 Å². The summed E-state index contributed by atoms with van der Waals surface area (Å²) in [5.74, 6) is 0.638. The maximum absolute atomic E-state index is 4.80. The molecule has 0 bridgehead atoms. The first-order valence-electron chi connectivity index (χ1n) is 5.87. The van der Waals surface area contributed by atoms with Gasteiger partial charge in [-0.3, -0.25) is 0 Å². The van der Waals surface area contributed by atoms with Crippen LogP contribution in [0.3, 0.4) is 0 Å². The quantitative estimate of drug-likeness (QED) is 0.575. The van der Waals surface area contributed by atoms with Gasteiger partial charge in [-0.25, -0.2) is 0 Å². The monoisotopic (exact) mass is 469 g/mol. The van der Waals surface area contributed by atoms with Crippen LogP contribution in [0.4, 0.5) is 5.69 Å². The standard InChI is InChI=1S/C14H20N.3Y/c1-5-11-6-7-13-12(8-11)10(2)9-14(3,4)15-13;;;/h6-8,10H,5,9H2,1-4H3;;;/q-1;;;. The van der Waals surface area contributed by atoms with Crippen LogP contribution in [0.2, 0.25) is 0 Å². The van der Waals surface area contributed by atoms with E-state index in [1.54, 1.807) is 0 Å². The molecule has 1 atom stereocenters. The van der Waals surface area contributed by atoms with E-state index < -0.39 is 0 Å². The topological polar surface area (TPSA) is 14.1 Å². The molecule has 2 rings (SSSR count). The largest absolute Gasteiger partial charge is 0.679 e. The average molecular weight is 469 g/mol. The van der Waals surface area contributed by atoms with Crippen molar-refractivity contribution in [1.29, 1.82) is 0 Å². The minimum atomic E-state index is 0. The van der Waals surface area contributed by atoms with Crippen LogP contribution >= 0.6 is 0 Å². The second kappa shape index (κ2) is 9.37. The summed E-state index contributed by atoms with van der Waals surface area (Å²) in [6.07, 6.45) is 2.27. The zero-order chi connectivity index (χ0) is 11.1. The van der Waals surface area contributed by atoms with Gasteiger partial charge in [0.1, 0.15) is 0 Å². The molecule has 4 heteroatoms. The van der Waals surface area contributed by atoms with Crippen LogP contribution < -0.4 is 0 Å². The van der Waals surface area contributed by atoms with Crippen molar-refractivity contribution < 1.29 is 98.1 Å². The molecule has 0 amide bonds. The molecular weight excluding hydrogens is 449 g/mol. The van der Waals surface area contributed by atoms with E-state index in [1.165, 1.54) is 16.8 Å². The van der Waals surface area contributed by atoms with Gasteiger partial charge in [0.05, 0.1) is 0 Å². The molecule has 1 nitrogen and oxygen atoms in total. The second-order valence-corrected chi connectivity index (χ2v) is 5.28. The first-order chi connectivity index (χ1) is 7.02. The molecule has 0 fully saturated rings. The van der Waals surface area contributed by atoms with E-state index in [0.29, 0.717) is 5.92 Å². The van der Waals surface area contributed by atoms with Crippen LogP contribution in [0.15, 0.2) is 18.2 Å². The van der Waals surface area contributed by atoms with Gasteiger partial charge in [0, 0.05) is 98.1 Å². The first kappa shape index (κ1) is 22.6. The number of rotatable bonds is 1. The number of aryl methyl sites for hydroxylation is 1. The van der Waals surface area contributed by atoms with Gasteiger partial charge in [-0.15, -0.1) is 11.2 Å². The van der Waals surface area contributed by atoms with Crippen molar-refractivity contribution in [2.24, 2.45) is 0 Å². The number of hydrogen-bond donors (Lipinski definition) is 0. The van der Waals surface area contributed by atoms with Gasteiger partial charge >= 0.3 is 0 Å². The minimum absolute atomic E-state index is 0. The summed E-state index contributed by atoms with van der Waals surface area (Å²) in [7, 11) is 0. The minimum Gasteiger partial charge on any atom is -0.679 e. The molecule has 1 unspecified atom stereocenters. The normalized spacial score (nSPS) is 19.2. The zero-order valence-electron chi connectivity index (χ0n) is 11.9. The van der Waals surface area contributed by atoms with Gasteiger partial charge in [0.2, 0.25) is 0 Å². The summed E-state index contributed by atoms with van der Waals surface area (Å²) in [6.45, 7) is 8.96. The smallest absolute Gasteiger partial charge is 0 e. The molecule has 1 heterocycles. The zero-order valence-corrected chi connectivity index (χ0v) is 20.4. The fraction of sp³-hybridized carbons (Fsp3) is 0.571. The molecule has 18 heavy (non-hydrogen) atoms. The molecule has 3 radical (unpaired) electrons. The van der Waals surface area contributed by atoms with E-state index in [-0.39, 0.29) is 104 Å². The van der Waals surface area contributed by atoms with Crippen LogP contribution in [0.5, 0.6) is 0 Å². The Morgan fingerprint density at radius 3 is 2.39 bits per heavy atom. The third kappa shape index (κ3) is 5.61. The summed E-state index contributed by atoms with van der Waals surface area (Å²) < 4.78 is 0. The summed E-state index contributed by atoms with van der Waals surface area (Å²) >= 11 is 0. The Morgan fingerprint density at radius 2 is 1.83 bits per heavy atom. The molecule has 1 aliphatic heterocycles. The van der Waals surface area contributed by atoms with Crippen LogP contribution in [0, 0.1) is 0 Å². The van der Waals surface area contributed by atoms with Crippen molar-refractivity contribution in [3.05, 3.63) is 34.6 Å². The van der Waals surface area contributed by atoms with Gasteiger partial charge in [0.15, 0.2) is 0 Å². The molecule has 0 spiro atoms. The Labute approximate surface area is 187 Å². The maximum atomic E-state index is 4.80. The summed E-state index contributed by atoms with van der Waals surface area (Å²) in [5.41, 5.74) is 4.18. The molecule has 0 saturated carbocycles. The van der Waals surface area contributed by atoms with Gasteiger partial charge in [0.25, 0.3) is 0 Å². The number of fused-ring (bicyclic) bond motifs is 1. The average Bonchev–Trinajstić information content (AvgIpc) is 2.15. The van der Waals surface area contributed by atoms with Crippen LogP contribution in [-0.2, 0) is 105 Å². The Balaban J connectivity index is 0. The third-order valence-electron chi connectivity index (χ3n) is 3.26. The van der Waals surface area contributed by atoms with E-state index >= 15 is 0 Å². The predicted molar refractivity (Wildman–Crippen MR) is 66.0 cm³/mol. The van der Waals surface area contributed by atoms with Crippen molar-refractivity contribution in [3.8, 4) is 0 Å². The van der Waals surface area contributed by atoms with Crippen LogP contribution in [-0.4, -0.2) is 5.54 Å². The van der Waals surface area contributed by atoms with E-state index in [0.717, 1.165) is 12.8 Å². The molecule has 1 aliphatic rings. The van der Waals surface area contributed by atoms with Crippen molar-refractivity contribution in [2.75, 3.05) is 0 Å². The molecule has 1 aromatic carbocycles. The molecular formula is C14H20NY3-. The second-order valence-electron chi connectivity index (χ2n) is 5.28. The summed E-state index contributed by atoms with van der Waals surface area (Å²) in [4.78, 5) is 0. The molecule has 0 aromatic heterocycles. The van der Waals surface area contributed by atoms with Gasteiger partial charge in [-0.2, -0.15) is 0 Å². The Kier molecular flexibility index (Phi) is 11.8. The fourth-order valence-corrected chi connectivity index (χ4v) is 2.55. The molecule has 0 aliphatic carbocycles. The third-order valence-corrected chi connectivity index (χ3v) is 3.26. The van der Waals surface area contributed by atoms with Gasteiger partial charge in [-0.1, -0.05) is 57.9 Å². The first-order valence-corrected chi connectivity index (χ1v) is 5.87. The van der Waals surface area contributed by atoms with Crippen LogP contribution in [0.25, 0.3) is 5.32 Å². The Morgan fingerprint density at radius 1 is 1.22 bits per heavy atom.